The SMILES string of the molecule is COC(=O)c1ccc(S(=O)(=O)N2C[C@@H](CN)[C@H](c3ccccc3)C2)cc1C.Cl. The molecule has 0 aromatic heterocycles. The summed E-state index contributed by atoms with van der Waals surface area (Å²) in [5, 5.41) is 0. The Bertz CT molecular complexity index is 934. The highest BCUT2D eigenvalue weighted by Gasteiger charge is 2.39. The minimum absolute atomic E-state index is 0. The summed E-state index contributed by atoms with van der Waals surface area (Å²) < 4.78 is 32.5. The summed E-state index contributed by atoms with van der Waals surface area (Å²) in [4.78, 5) is 11.9. The summed E-state index contributed by atoms with van der Waals surface area (Å²) in [7, 11) is -2.37. The Kier molecular flexibility index (Phi) is 7.22. The molecule has 1 fully saturated rings. The van der Waals surface area contributed by atoms with Crippen molar-refractivity contribution in [2.75, 3.05) is 26.7 Å². The summed E-state index contributed by atoms with van der Waals surface area (Å²) in [6, 6.07) is 14.4. The first-order valence-corrected chi connectivity index (χ1v) is 10.3. The summed E-state index contributed by atoms with van der Waals surface area (Å²) in [5.41, 5.74) is 7.95. The fourth-order valence-corrected chi connectivity index (χ4v) is 5.24. The molecule has 2 aromatic carbocycles. The molecule has 8 heteroatoms. The van der Waals surface area contributed by atoms with E-state index >= 15 is 0 Å². The zero-order chi connectivity index (χ0) is 19.6. The van der Waals surface area contributed by atoms with Gasteiger partial charge >= 0.3 is 5.97 Å². The molecule has 1 saturated heterocycles. The van der Waals surface area contributed by atoms with E-state index in [0.29, 0.717) is 30.8 Å². The number of hydrogen-bond acceptors (Lipinski definition) is 5. The van der Waals surface area contributed by atoms with Gasteiger partial charge in [-0.05, 0) is 48.7 Å². The molecule has 2 aromatic rings. The molecule has 152 valence electrons. The normalized spacial score (nSPS) is 19.8. The maximum atomic E-state index is 13.1. The summed E-state index contributed by atoms with van der Waals surface area (Å²) >= 11 is 0. The average Bonchev–Trinajstić information content (AvgIpc) is 3.13. The van der Waals surface area contributed by atoms with Gasteiger partial charge in [-0.2, -0.15) is 4.31 Å². The number of carbonyl (C=O) groups excluding carboxylic acids is 1. The lowest BCUT2D eigenvalue weighted by Crippen LogP contribution is -2.30. The van der Waals surface area contributed by atoms with Crippen molar-refractivity contribution < 1.29 is 17.9 Å². The number of hydrogen-bond donors (Lipinski definition) is 1. The lowest BCUT2D eigenvalue weighted by Gasteiger charge is -2.17. The van der Waals surface area contributed by atoms with Gasteiger partial charge in [-0.15, -0.1) is 12.4 Å². The number of rotatable bonds is 5. The van der Waals surface area contributed by atoms with Crippen LogP contribution in [0, 0.1) is 12.8 Å². The number of methoxy groups -OCH3 is 1. The fourth-order valence-electron chi connectivity index (χ4n) is 3.63. The van der Waals surface area contributed by atoms with E-state index in [-0.39, 0.29) is 29.1 Å². The van der Waals surface area contributed by atoms with Crippen LogP contribution in [0.2, 0.25) is 0 Å². The van der Waals surface area contributed by atoms with Gasteiger partial charge in [0.25, 0.3) is 0 Å². The van der Waals surface area contributed by atoms with Gasteiger partial charge in [0.2, 0.25) is 10.0 Å². The van der Waals surface area contributed by atoms with Crippen molar-refractivity contribution in [3.63, 3.8) is 0 Å². The van der Waals surface area contributed by atoms with Crippen molar-refractivity contribution in [2.24, 2.45) is 11.7 Å². The maximum Gasteiger partial charge on any atom is 0.338 e. The lowest BCUT2D eigenvalue weighted by atomic mass is 9.89. The molecule has 28 heavy (non-hydrogen) atoms. The molecule has 0 amide bonds. The fraction of sp³-hybridized carbons (Fsp3) is 0.350. The number of nitrogens with two attached hydrogens (primary N) is 1. The molecule has 2 N–H and O–H groups in total. The Labute approximate surface area is 172 Å². The van der Waals surface area contributed by atoms with Crippen LogP contribution in [0.1, 0.15) is 27.4 Å². The van der Waals surface area contributed by atoms with Gasteiger partial charge in [0.1, 0.15) is 0 Å². The van der Waals surface area contributed by atoms with Crippen molar-refractivity contribution in [1.29, 1.82) is 0 Å². The number of carbonyl (C=O) groups is 1. The Balaban J connectivity index is 0.00000280. The Morgan fingerprint density at radius 3 is 2.43 bits per heavy atom. The highest BCUT2D eigenvalue weighted by molar-refractivity contribution is 7.89. The number of sulfonamides is 1. The van der Waals surface area contributed by atoms with E-state index < -0.39 is 16.0 Å². The summed E-state index contributed by atoms with van der Waals surface area (Å²) in [6.07, 6.45) is 0. The third-order valence-corrected chi connectivity index (χ3v) is 7.01. The third kappa shape index (κ3) is 4.22. The number of halogens is 1. The van der Waals surface area contributed by atoms with Crippen LogP contribution < -0.4 is 5.73 Å². The average molecular weight is 425 g/mol. The predicted octanol–water partition coefficient (Wildman–Crippen LogP) is 2.57. The van der Waals surface area contributed by atoms with Crippen LogP contribution in [0.4, 0.5) is 0 Å². The Morgan fingerprint density at radius 1 is 1.18 bits per heavy atom. The van der Waals surface area contributed by atoms with Crippen molar-refractivity contribution >= 4 is 28.4 Å². The van der Waals surface area contributed by atoms with Gasteiger partial charge in [-0.25, -0.2) is 13.2 Å². The molecule has 3 rings (SSSR count). The first-order valence-electron chi connectivity index (χ1n) is 8.82. The predicted molar refractivity (Wildman–Crippen MR) is 110 cm³/mol. The van der Waals surface area contributed by atoms with Crippen LogP contribution in [0.5, 0.6) is 0 Å². The second-order valence-corrected chi connectivity index (χ2v) is 8.74. The second-order valence-electron chi connectivity index (χ2n) is 6.80. The molecule has 0 aliphatic carbocycles. The number of esters is 1. The quantitative estimate of drug-likeness (QED) is 0.745. The molecule has 0 radical (unpaired) electrons. The van der Waals surface area contributed by atoms with Crippen molar-refractivity contribution in [3.8, 4) is 0 Å². The molecular formula is C20H25ClN2O4S. The molecule has 1 heterocycles. The van der Waals surface area contributed by atoms with Crippen LogP contribution in [0.15, 0.2) is 53.4 Å². The van der Waals surface area contributed by atoms with Crippen LogP contribution >= 0.6 is 12.4 Å². The first kappa shape index (κ1) is 22.4. The molecular weight excluding hydrogens is 400 g/mol. The molecule has 2 atom stereocenters. The van der Waals surface area contributed by atoms with E-state index in [4.69, 9.17) is 10.5 Å². The second kappa shape index (κ2) is 9.05. The topological polar surface area (TPSA) is 89.7 Å². The van der Waals surface area contributed by atoms with Gasteiger partial charge in [-0.1, -0.05) is 30.3 Å². The minimum atomic E-state index is -3.67. The van der Waals surface area contributed by atoms with E-state index in [9.17, 15) is 13.2 Å². The largest absolute Gasteiger partial charge is 0.465 e. The minimum Gasteiger partial charge on any atom is -0.465 e. The molecule has 0 saturated carbocycles. The molecule has 0 unspecified atom stereocenters. The van der Waals surface area contributed by atoms with Gasteiger partial charge in [0.05, 0.1) is 17.6 Å². The molecule has 0 bridgehead atoms. The summed E-state index contributed by atoms with van der Waals surface area (Å²) in [5.74, 6) is -0.344. The van der Waals surface area contributed by atoms with E-state index in [1.54, 1.807) is 6.92 Å². The molecule has 1 aliphatic heterocycles. The van der Waals surface area contributed by atoms with Crippen LogP contribution in [-0.4, -0.2) is 45.4 Å². The molecule has 1 aliphatic rings. The van der Waals surface area contributed by atoms with Crippen molar-refractivity contribution in [2.45, 2.75) is 17.7 Å². The van der Waals surface area contributed by atoms with Crippen LogP contribution in [0.3, 0.4) is 0 Å². The zero-order valence-corrected chi connectivity index (χ0v) is 17.5. The Hall–Kier alpha value is -1.93. The standard InChI is InChI=1S/C20H24N2O4S.ClH/c1-14-10-17(8-9-18(14)20(23)26-2)27(24,25)22-12-16(11-21)19(13-22)15-6-4-3-5-7-15;/h3-10,16,19H,11-13,21H2,1-2H3;1H/t16-,19+;/m1./s1. The van der Waals surface area contributed by atoms with E-state index in [0.717, 1.165) is 5.56 Å². The molecule has 0 spiro atoms. The zero-order valence-electron chi connectivity index (χ0n) is 15.9. The number of nitrogens with zero attached hydrogens (tertiary/aromatic N) is 1. The highest BCUT2D eigenvalue weighted by Crippen LogP contribution is 2.35. The third-order valence-electron chi connectivity index (χ3n) is 5.18. The van der Waals surface area contributed by atoms with Crippen molar-refractivity contribution in [1.82, 2.24) is 4.31 Å². The van der Waals surface area contributed by atoms with E-state index in [1.165, 1.54) is 29.6 Å². The van der Waals surface area contributed by atoms with Crippen LogP contribution in [0.25, 0.3) is 0 Å². The van der Waals surface area contributed by atoms with E-state index in [1.807, 2.05) is 30.3 Å². The van der Waals surface area contributed by atoms with Gasteiger partial charge in [0, 0.05) is 19.0 Å². The van der Waals surface area contributed by atoms with Crippen LogP contribution in [-0.2, 0) is 14.8 Å². The van der Waals surface area contributed by atoms with Crippen molar-refractivity contribution in [3.05, 3.63) is 65.2 Å². The number of benzene rings is 2. The number of aryl methyl sites for hydroxylation is 1. The smallest absolute Gasteiger partial charge is 0.338 e. The molecule has 6 nitrogen and oxygen atoms in total. The highest BCUT2D eigenvalue weighted by atomic mass is 35.5. The van der Waals surface area contributed by atoms with E-state index in [2.05, 4.69) is 0 Å². The number of ether oxygens (including phenoxy) is 1. The lowest BCUT2D eigenvalue weighted by molar-refractivity contribution is 0.0600. The van der Waals surface area contributed by atoms with Gasteiger partial charge in [0.15, 0.2) is 0 Å². The maximum absolute atomic E-state index is 13.1. The van der Waals surface area contributed by atoms with Gasteiger partial charge in [-0.3, -0.25) is 0 Å². The Morgan fingerprint density at radius 2 is 1.86 bits per heavy atom. The first-order chi connectivity index (χ1) is 12.9. The van der Waals surface area contributed by atoms with Gasteiger partial charge < -0.3 is 10.5 Å². The monoisotopic (exact) mass is 424 g/mol. The summed E-state index contributed by atoms with van der Waals surface area (Å²) in [6.45, 7) is 2.90.